The van der Waals surface area contributed by atoms with Gasteiger partial charge in [-0.15, -0.1) is 0 Å². The first-order chi connectivity index (χ1) is 7.90. The second-order valence-corrected chi connectivity index (χ2v) is 6.84. The molecule has 0 rings (SSSR count). The van der Waals surface area contributed by atoms with Crippen LogP contribution >= 0.6 is 6.64 Å². The third-order valence-electron chi connectivity index (χ3n) is 2.15. The summed E-state index contributed by atoms with van der Waals surface area (Å²) < 4.78 is 4.87. The van der Waals surface area contributed by atoms with Gasteiger partial charge in [0.2, 0.25) is 5.91 Å². The molecule has 0 aromatic carbocycles. The predicted molar refractivity (Wildman–Crippen MR) is 73.0 cm³/mol. The smallest absolute Gasteiger partial charge is 0.255 e. The van der Waals surface area contributed by atoms with Crippen molar-refractivity contribution in [3.05, 3.63) is 0 Å². The zero-order valence-corrected chi connectivity index (χ0v) is 12.3. The molecule has 0 saturated heterocycles. The lowest BCUT2D eigenvalue weighted by molar-refractivity contribution is -0.131. The number of carbonyl (C=O) groups is 1. The Hall–Kier alpha value is -0.0000000000000000833. The van der Waals surface area contributed by atoms with Crippen molar-refractivity contribution in [2.75, 3.05) is 19.7 Å². The van der Waals surface area contributed by atoms with E-state index < -0.39 is 6.64 Å². The molecule has 7 heteroatoms. The lowest BCUT2D eigenvalue weighted by Crippen LogP contribution is -2.32. The number of rotatable bonds is 9. The average molecular weight is 282 g/mol. The normalized spacial score (nSPS) is 14.4. The first-order valence-corrected chi connectivity index (χ1v) is 8.68. The summed E-state index contributed by atoms with van der Waals surface area (Å²) in [4.78, 5) is 22.7. The molecule has 0 aliphatic rings. The Morgan fingerprint density at radius 3 is 2.35 bits per heavy atom. The molecule has 0 aliphatic carbocycles. The molecule has 0 aliphatic heterocycles. The molecule has 0 fully saturated rings. The van der Waals surface area contributed by atoms with Gasteiger partial charge in [0.25, 0.3) is 6.64 Å². The standard InChI is InChI=1S/C10H23N2O3PS/c1-3-7-12(8-4-2)10(13)6-5-9-15-16(11,14)17/h3-9H2,1-2H3,(H3,11,14,17). The summed E-state index contributed by atoms with van der Waals surface area (Å²) in [5.74, 6) is 0.126. The molecular formula is C10H23N2O3PS. The molecule has 0 spiro atoms. The number of nitrogens with two attached hydrogens (primary N) is 1. The van der Waals surface area contributed by atoms with Crippen LogP contribution in [-0.2, 0) is 21.1 Å². The minimum atomic E-state index is -3.07. The Morgan fingerprint density at radius 2 is 1.94 bits per heavy atom. The van der Waals surface area contributed by atoms with Gasteiger partial charge in [-0.1, -0.05) is 13.8 Å². The lowest BCUT2D eigenvalue weighted by atomic mass is 10.2. The van der Waals surface area contributed by atoms with E-state index in [1.807, 2.05) is 4.90 Å². The third-order valence-corrected chi connectivity index (χ3v) is 3.02. The van der Waals surface area contributed by atoms with Crippen LogP contribution in [0.25, 0.3) is 0 Å². The van der Waals surface area contributed by atoms with Gasteiger partial charge in [-0.2, -0.15) is 0 Å². The highest BCUT2D eigenvalue weighted by Gasteiger charge is 2.12. The van der Waals surface area contributed by atoms with Crippen LogP contribution < -0.4 is 5.50 Å². The van der Waals surface area contributed by atoms with E-state index in [-0.39, 0.29) is 12.5 Å². The van der Waals surface area contributed by atoms with Crippen LogP contribution in [0.4, 0.5) is 0 Å². The van der Waals surface area contributed by atoms with Gasteiger partial charge in [0.05, 0.1) is 6.61 Å². The number of hydrogen-bond donors (Lipinski definition) is 2. The van der Waals surface area contributed by atoms with Crippen LogP contribution in [0.15, 0.2) is 0 Å². The number of nitrogens with zero attached hydrogens (tertiary/aromatic N) is 1. The van der Waals surface area contributed by atoms with Crippen LogP contribution in [-0.4, -0.2) is 35.4 Å². The highest BCUT2D eigenvalue weighted by Crippen LogP contribution is 2.31. The summed E-state index contributed by atoms with van der Waals surface area (Å²) in [5, 5.41) is 0. The van der Waals surface area contributed by atoms with Crippen molar-refractivity contribution in [3.8, 4) is 0 Å². The Bertz CT molecular complexity index is 264. The van der Waals surface area contributed by atoms with Gasteiger partial charge < -0.3 is 14.3 Å². The first kappa shape index (κ1) is 17.0. The largest absolute Gasteiger partial charge is 0.343 e. The summed E-state index contributed by atoms with van der Waals surface area (Å²) in [5.41, 5.74) is 5.17. The summed E-state index contributed by atoms with van der Waals surface area (Å²) in [7, 11) is 0. The lowest BCUT2D eigenvalue weighted by Gasteiger charge is -2.21. The number of hydrogen-bond acceptors (Lipinski definition) is 3. The molecule has 1 atom stereocenters. The molecule has 0 bridgehead atoms. The van der Waals surface area contributed by atoms with E-state index in [9.17, 15) is 4.79 Å². The summed E-state index contributed by atoms with van der Waals surface area (Å²) >= 11 is 4.53. The number of carbonyl (C=O) groups excluding carboxylic acids is 1. The Morgan fingerprint density at radius 1 is 1.41 bits per heavy atom. The highest BCUT2D eigenvalue weighted by atomic mass is 32.5. The first-order valence-electron chi connectivity index (χ1n) is 5.94. The van der Waals surface area contributed by atoms with Crippen LogP contribution in [0.2, 0.25) is 0 Å². The van der Waals surface area contributed by atoms with Gasteiger partial charge in [-0.05, 0) is 31.1 Å². The van der Waals surface area contributed by atoms with Gasteiger partial charge in [-0.25, -0.2) is 0 Å². The molecule has 3 N–H and O–H groups in total. The SMILES string of the molecule is CCCN(CCC)C(=O)CCCOP(N)(O)=S. The van der Waals surface area contributed by atoms with Crippen molar-refractivity contribution in [1.29, 1.82) is 0 Å². The number of amides is 1. The molecule has 0 aromatic heterocycles. The van der Waals surface area contributed by atoms with Crippen molar-refractivity contribution >= 4 is 24.4 Å². The minimum Gasteiger partial charge on any atom is -0.343 e. The zero-order chi connectivity index (χ0) is 13.3. The molecule has 1 unspecified atom stereocenters. The third kappa shape index (κ3) is 9.68. The highest BCUT2D eigenvalue weighted by molar-refractivity contribution is 8.08. The van der Waals surface area contributed by atoms with E-state index in [2.05, 4.69) is 25.7 Å². The summed E-state index contributed by atoms with van der Waals surface area (Å²) in [6, 6.07) is 0. The Balaban J connectivity index is 3.85. The van der Waals surface area contributed by atoms with Gasteiger partial charge >= 0.3 is 0 Å². The van der Waals surface area contributed by atoms with E-state index in [0.717, 1.165) is 25.9 Å². The van der Waals surface area contributed by atoms with Crippen molar-refractivity contribution in [2.45, 2.75) is 39.5 Å². The molecule has 1 amide bonds. The summed E-state index contributed by atoms with van der Waals surface area (Å²) in [6.45, 7) is 2.86. The van der Waals surface area contributed by atoms with Crippen molar-refractivity contribution < 1.29 is 14.2 Å². The van der Waals surface area contributed by atoms with Gasteiger partial charge in [-0.3, -0.25) is 10.3 Å². The molecule has 0 radical (unpaired) electrons. The maximum absolute atomic E-state index is 11.8. The van der Waals surface area contributed by atoms with E-state index in [4.69, 9.17) is 14.9 Å². The maximum atomic E-state index is 11.8. The van der Waals surface area contributed by atoms with Gasteiger partial charge in [0, 0.05) is 19.5 Å². The minimum absolute atomic E-state index is 0.126. The van der Waals surface area contributed by atoms with Gasteiger partial charge in [0.15, 0.2) is 0 Å². The molecule has 5 nitrogen and oxygen atoms in total. The van der Waals surface area contributed by atoms with E-state index in [0.29, 0.717) is 12.8 Å². The second-order valence-electron chi connectivity index (χ2n) is 3.88. The fourth-order valence-electron chi connectivity index (χ4n) is 1.48. The quantitative estimate of drug-likeness (QED) is 0.496. The fourth-order valence-corrected chi connectivity index (χ4v) is 2.09. The summed E-state index contributed by atoms with van der Waals surface area (Å²) in [6.07, 6.45) is 2.87. The van der Waals surface area contributed by atoms with E-state index in [1.54, 1.807) is 0 Å². The second kappa shape index (κ2) is 9.00. The van der Waals surface area contributed by atoms with Crippen LogP contribution in [0, 0.1) is 0 Å². The monoisotopic (exact) mass is 282 g/mol. The van der Waals surface area contributed by atoms with Crippen molar-refractivity contribution in [3.63, 3.8) is 0 Å². The van der Waals surface area contributed by atoms with Crippen LogP contribution in [0.1, 0.15) is 39.5 Å². The Labute approximate surface area is 109 Å². The molecule has 17 heavy (non-hydrogen) atoms. The maximum Gasteiger partial charge on any atom is 0.255 e. The fraction of sp³-hybridized carbons (Fsp3) is 0.900. The zero-order valence-electron chi connectivity index (χ0n) is 10.6. The van der Waals surface area contributed by atoms with Crippen molar-refractivity contribution in [1.82, 2.24) is 4.90 Å². The van der Waals surface area contributed by atoms with Crippen LogP contribution in [0.3, 0.4) is 0 Å². The molecule has 0 saturated carbocycles. The Kier molecular flexibility index (Phi) is 9.00. The molecule has 0 aromatic rings. The predicted octanol–water partition coefficient (Wildman–Crippen LogP) is 1.61. The van der Waals surface area contributed by atoms with E-state index >= 15 is 0 Å². The topological polar surface area (TPSA) is 75.8 Å². The average Bonchev–Trinajstić information content (AvgIpc) is 2.22. The molecule has 0 heterocycles. The molecule has 102 valence electrons. The van der Waals surface area contributed by atoms with Crippen molar-refractivity contribution in [2.24, 2.45) is 5.50 Å². The van der Waals surface area contributed by atoms with Gasteiger partial charge in [0.1, 0.15) is 0 Å². The molecular weight excluding hydrogens is 259 g/mol. The van der Waals surface area contributed by atoms with E-state index in [1.165, 1.54) is 0 Å². The van der Waals surface area contributed by atoms with Crippen LogP contribution in [0.5, 0.6) is 0 Å².